The van der Waals surface area contributed by atoms with E-state index in [9.17, 15) is 0 Å². The average Bonchev–Trinajstić information content (AvgIpc) is 2.48. The molecule has 0 bridgehead atoms. The van der Waals surface area contributed by atoms with Crippen molar-refractivity contribution >= 4 is 6.21 Å². The Kier molecular flexibility index (Phi) is 26.2. The molecule has 1 nitrogen and oxygen atoms in total. The monoisotopic (exact) mass is 263 g/mol. The fourth-order valence-electron chi connectivity index (χ4n) is 0.920. The Hall–Kier alpha value is -1.37. The van der Waals surface area contributed by atoms with Crippen LogP contribution in [0.1, 0.15) is 52.2 Å². The first-order valence-corrected chi connectivity index (χ1v) is 7.31. The zero-order valence-corrected chi connectivity index (χ0v) is 14.2. The van der Waals surface area contributed by atoms with Gasteiger partial charge in [-0.2, -0.15) is 0 Å². The molecule has 0 amide bonds. The normalized spacial score (nSPS) is 8.84. The summed E-state index contributed by atoms with van der Waals surface area (Å²) in [7, 11) is 1.76. The number of rotatable bonds is 2. The Balaban J connectivity index is -0.000000215. The van der Waals surface area contributed by atoms with Gasteiger partial charge in [-0.3, -0.25) is 4.99 Å². The van der Waals surface area contributed by atoms with Crippen molar-refractivity contribution in [3.8, 4) is 0 Å². The number of allylic oxidation sites excluding steroid dienone is 2. The molecule has 19 heavy (non-hydrogen) atoms. The van der Waals surface area contributed by atoms with Crippen molar-refractivity contribution in [3.05, 3.63) is 47.5 Å². The highest BCUT2D eigenvalue weighted by atomic mass is 14.6. The van der Waals surface area contributed by atoms with Crippen LogP contribution in [0.25, 0.3) is 0 Å². The predicted octanol–water partition coefficient (Wildman–Crippen LogP) is 6.01. The third-order valence-corrected chi connectivity index (χ3v) is 1.83. The van der Waals surface area contributed by atoms with Gasteiger partial charge in [-0.1, -0.05) is 76.1 Å². The molecular formula is C18H33N. The zero-order chi connectivity index (χ0) is 15.5. The van der Waals surface area contributed by atoms with Gasteiger partial charge in [-0.05, 0) is 26.3 Å². The summed E-state index contributed by atoms with van der Waals surface area (Å²) < 4.78 is 0. The summed E-state index contributed by atoms with van der Waals surface area (Å²) in [5.41, 5.74) is 2.66. The van der Waals surface area contributed by atoms with Crippen molar-refractivity contribution in [2.24, 2.45) is 4.99 Å². The van der Waals surface area contributed by atoms with Gasteiger partial charge in [0.25, 0.3) is 0 Å². The van der Waals surface area contributed by atoms with Crippen molar-refractivity contribution in [1.29, 1.82) is 0 Å². The maximum Gasteiger partial charge on any atom is 0.0277 e. The summed E-state index contributed by atoms with van der Waals surface area (Å²) in [6.07, 6.45) is 6.88. The van der Waals surface area contributed by atoms with Gasteiger partial charge in [0.2, 0.25) is 0 Å². The van der Waals surface area contributed by atoms with Gasteiger partial charge in [-0.15, -0.1) is 0 Å². The van der Waals surface area contributed by atoms with Crippen molar-refractivity contribution in [1.82, 2.24) is 0 Å². The fourth-order valence-corrected chi connectivity index (χ4v) is 0.920. The minimum absolute atomic E-state index is 1.09. The second-order valence-corrected chi connectivity index (χ2v) is 3.40. The van der Waals surface area contributed by atoms with Crippen LogP contribution in [0.4, 0.5) is 0 Å². The van der Waals surface area contributed by atoms with E-state index in [-0.39, 0.29) is 0 Å². The van der Waals surface area contributed by atoms with E-state index in [2.05, 4.69) is 56.1 Å². The lowest BCUT2D eigenvalue weighted by Crippen LogP contribution is -1.70. The van der Waals surface area contributed by atoms with Crippen LogP contribution in [0, 0.1) is 13.8 Å². The molecule has 0 N–H and O–H groups in total. The lowest BCUT2D eigenvalue weighted by atomic mass is 10.2. The molecule has 0 spiro atoms. The van der Waals surface area contributed by atoms with Crippen LogP contribution in [0.5, 0.6) is 0 Å². The van der Waals surface area contributed by atoms with Crippen LogP contribution >= 0.6 is 0 Å². The second kappa shape index (κ2) is 21.9. The van der Waals surface area contributed by atoms with Crippen LogP contribution in [-0.4, -0.2) is 13.3 Å². The Morgan fingerprint density at radius 1 is 0.895 bits per heavy atom. The molecule has 0 aliphatic heterocycles. The average molecular weight is 263 g/mol. The SMILES string of the molecule is CC.CC.CC/C=C\C=NC.Cc1ccc(C)cc1. The maximum absolute atomic E-state index is 3.76. The number of hydrogen-bond acceptors (Lipinski definition) is 1. The first-order valence-electron chi connectivity index (χ1n) is 7.31. The van der Waals surface area contributed by atoms with Crippen LogP contribution in [0.15, 0.2) is 41.4 Å². The van der Waals surface area contributed by atoms with E-state index in [1.807, 2.05) is 33.8 Å². The molecule has 0 aliphatic carbocycles. The molecule has 1 rings (SSSR count). The highest BCUT2D eigenvalue weighted by molar-refractivity contribution is 5.70. The molecular weight excluding hydrogens is 230 g/mol. The predicted molar refractivity (Wildman–Crippen MR) is 92.5 cm³/mol. The molecule has 0 atom stereocenters. The lowest BCUT2D eigenvalue weighted by molar-refractivity contribution is 1.23. The third-order valence-electron chi connectivity index (χ3n) is 1.83. The Morgan fingerprint density at radius 2 is 1.26 bits per heavy atom. The number of aliphatic imine (C=N–C) groups is 1. The van der Waals surface area contributed by atoms with Gasteiger partial charge in [-0.25, -0.2) is 0 Å². The van der Waals surface area contributed by atoms with Crippen molar-refractivity contribution in [2.75, 3.05) is 7.05 Å². The maximum atomic E-state index is 3.76. The molecule has 0 aliphatic rings. The molecule has 0 aromatic heterocycles. The van der Waals surface area contributed by atoms with E-state index in [1.54, 1.807) is 13.3 Å². The minimum Gasteiger partial charge on any atom is -0.297 e. The van der Waals surface area contributed by atoms with Crippen LogP contribution in [0.3, 0.4) is 0 Å². The molecule has 0 unspecified atom stereocenters. The van der Waals surface area contributed by atoms with Crippen LogP contribution in [-0.2, 0) is 0 Å². The molecule has 0 saturated carbocycles. The first-order chi connectivity index (χ1) is 9.20. The zero-order valence-electron chi connectivity index (χ0n) is 14.2. The van der Waals surface area contributed by atoms with Crippen LogP contribution in [0.2, 0.25) is 0 Å². The smallest absolute Gasteiger partial charge is 0.0277 e. The summed E-state index contributed by atoms with van der Waals surface area (Å²) in [6.45, 7) is 14.3. The van der Waals surface area contributed by atoms with E-state index in [0.717, 1.165) is 6.42 Å². The highest BCUT2D eigenvalue weighted by Gasteiger charge is 1.79. The van der Waals surface area contributed by atoms with E-state index in [4.69, 9.17) is 0 Å². The van der Waals surface area contributed by atoms with Gasteiger partial charge >= 0.3 is 0 Å². The second-order valence-electron chi connectivity index (χ2n) is 3.40. The standard InChI is InChI=1S/C8H10.C6H11N.2C2H6/c1-7-3-5-8(2)6-4-7;1-3-4-5-6-7-2;2*1-2/h3-6H,1-2H3;4-6H,3H2,1-2H3;2*1-2H3/b;5-4-,7-6?;;. The number of aryl methyl sites for hydroxylation is 2. The summed E-state index contributed by atoms with van der Waals surface area (Å²) in [6, 6.07) is 8.48. The summed E-state index contributed by atoms with van der Waals surface area (Å²) in [4.78, 5) is 3.76. The van der Waals surface area contributed by atoms with Crippen molar-refractivity contribution in [3.63, 3.8) is 0 Å². The molecule has 110 valence electrons. The quantitative estimate of drug-likeness (QED) is 0.579. The van der Waals surface area contributed by atoms with Crippen molar-refractivity contribution in [2.45, 2.75) is 54.9 Å². The van der Waals surface area contributed by atoms with Gasteiger partial charge in [0, 0.05) is 13.3 Å². The largest absolute Gasteiger partial charge is 0.297 e. The molecule has 0 saturated heterocycles. The molecule has 0 radical (unpaired) electrons. The number of benzene rings is 1. The minimum atomic E-state index is 1.09. The first kappa shape index (κ1) is 22.8. The molecule has 0 fully saturated rings. The molecule has 1 aromatic rings. The molecule has 1 aromatic carbocycles. The third kappa shape index (κ3) is 22.3. The Labute approximate surface area is 121 Å². The van der Waals surface area contributed by atoms with Gasteiger partial charge in [0.05, 0.1) is 0 Å². The van der Waals surface area contributed by atoms with Crippen LogP contribution < -0.4 is 0 Å². The fraction of sp³-hybridized carbons (Fsp3) is 0.500. The highest BCUT2D eigenvalue weighted by Crippen LogP contribution is 1.99. The van der Waals surface area contributed by atoms with Gasteiger partial charge < -0.3 is 0 Å². The summed E-state index contributed by atoms with van der Waals surface area (Å²) in [5.74, 6) is 0. The summed E-state index contributed by atoms with van der Waals surface area (Å²) in [5, 5.41) is 0. The van der Waals surface area contributed by atoms with E-state index >= 15 is 0 Å². The molecule has 0 heterocycles. The number of hydrogen-bond donors (Lipinski definition) is 0. The topological polar surface area (TPSA) is 12.4 Å². The van der Waals surface area contributed by atoms with Gasteiger partial charge in [0.1, 0.15) is 0 Å². The van der Waals surface area contributed by atoms with E-state index < -0.39 is 0 Å². The van der Waals surface area contributed by atoms with E-state index in [0.29, 0.717) is 0 Å². The number of nitrogens with zero attached hydrogens (tertiary/aromatic N) is 1. The Bertz CT molecular complexity index is 273. The Morgan fingerprint density at radius 3 is 1.53 bits per heavy atom. The summed E-state index contributed by atoms with van der Waals surface area (Å²) >= 11 is 0. The van der Waals surface area contributed by atoms with Crippen molar-refractivity contribution < 1.29 is 0 Å². The van der Waals surface area contributed by atoms with E-state index in [1.165, 1.54) is 11.1 Å². The van der Waals surface area contributed by atoms with Gasteiger partial charge in [0.15, 0.2) is 0 Å². The lowest BCUT2D eigenvalue weighted by Gasteiger charge is -1.90. The molecule has 1 heteroatoms.